The molecule has 19 heavy (non-hydrogen) atoms. The maximum absolute atomic E-state index is 6.29. The Morgan fingerprint density at radius 1 is 1.00 bits per heavy atom. The number of halogens is 2. The summed E-state index contributed by atoms with van der Waals surface area (Å²) < 4.78 is 0. The molecule has 2 aromatic carbocycles. The van der Waals surface area contributed by atoms with E-state index in [1.807, 2.05) is 12.1 Å². The number of nitrogens with one attached hydrogen (secondary N) is 1. The second-order valence-corrected chi connectivity index (χ2v) is 5.40. The quantitative estimate of drug-likeness (QED) is 0.829. The summed E-state index contributed by atoms with van der Waals surface area (Å²) in [5, 5.41) is 4.69. The lowest BCUT2D eigenvalue weighted by Gasteiger charge is -2.11. The molecule has 0 unspecified atom stereocenters. The molecule has 0 saturated carbocycles. The predicted octanol–water partition coefficient (Wildman–Crippen LogP) is 5.08. The molecule has 0 heterocycles. The van der Waals surface area contributed by atoms with E-state index in [4.69, 9.17) is 23.2 Å². The fourth-order valence-corrected chi connectivity index (χ4v) is 2.56. The third kappa shape index (κ3) is 3.50. The molecule has 2 rings (SSSR count). The minimum Gasteiger partial charge on any atom is -0.313 e. The van der Waals surface area contributed by atoms with Gasteiger partial charge in [-0.25, -0.2) is 0 Å². The molecule has 0 saturated heterocycles. The summed E-state index contributed by atoms with van der Waals surface area (Å²) in [6, 6.07) is 12.1. The number of rotatable bonds is 4. The molecule has 0 amide bonds. The van der Waals surface area contributed by atoms with Gasteiger partial charge in [0, 0.05) is 22.2 Å². The largest absolute Gasteiger partial charge is 0.313 e. The van der Waals surface area contributed by atoms with E-state index in [2.05, 4.69) is 37.4 Å². The molecule has 0 radical (unpaired) electrons. The summed E-state index contributed by atoms with van der Waals surface area (Å²) in [6.45, 7) is 6.03. The van der Waals surface area contributed by atoms with Crippen molar-refractivity contribution in [3.63, 3.8) is 0 Å². The molecular formula is C16H17Cl2N. The minimum absolute atomic E-state index is 0.662. The van der Waals surface area contributed by atoms with Crippen LogP contribution < -0.4 is 5.32 Å². The van der Waals surface area contributed by atoms with E-state index in [-0.39, 0.29) is 0 Å². The standard InChI is InChI=1S/C16H17Cl2N/c1-3-19-10-12-5-4-11(2)15(8-12)14-7-6-13(17)9-16(14)18/h4-9,19H,3,10H2,1-2H3. The molecule has 100 valence electrons. The van der Waals surface area contributed by atoms with Crippen LogP contribution >= 0.6 is 23.2 Å². The maximum atomic E-state index is 6.29. The van der Waals surface area contributed by atoms with Gasteiger partial charge in [0.25, 0.3) is 0 Å². The van der Waals surface area contributed by atoms with E-state index >= 15 is 0 Å². The summed E-state index contributed by atoms with van der Waals surface area (Å²) in [5.74, 6) is 0. The number of hydrogen-bond donors (Lipinski definition) is 1. The van der Waals surface area contributed by atoms with Crippen LogP contribution in [-0.2, 0) is 6.54 Å². The lowest BCUT2D eigenvalue weighted by Crippen LogP contribution is -2.11. The van der Waals surface area contributed by atoms with Gasteiger partial charge in [0.15, 0.2) is 0 Å². The molecule has 3 heteroatoms. The zero-order chi connectivity index (χ0) is 13.8. The molecule has 0 aliphatic rings. The van der Waals surface area contributed by atoms with Gasteiger partial charge in [0.2, 0.25) is 0 Å². The molecule has 2 aromatic rings. The Morgan fingerprint density at radius 2 is 1.79 bits per heavy atom. The van der Waals surface area contributed by atoms with E-state index in [1.54, 1.807) is 6.07 Å². The Kier molecular flexibility index (Phi) is 4.87. The van der Waals surface area contributed by atoms with Crippen LogP contribution in [0.1, 0.15) is 18.1 Å². The van der Waals surface area contributed by atoms with Crippen LogP contribution in [0, 0.1) is 6.92 Å². The van der Waals surface area contributed by atoms with E-state index in [1.165, 1.54) is 11.1 Å². The van der Waals surface area contributed by atoms with Gasteiger partial charge in [-0.2, -0.15) is 0 Å². The van der Waals surface area contributed by atoms with Crippen LogP contribution in [0.5, 0.6) is 0 Å². The van der Waals surface area contributed by atoms with Crippen LogP contribution in [-0.4, -0.2) is 6.54 Å². The topological polar surface area (TPSA) is 12.0 Å². The van der Waals surface area contributed by atoms with Crippen molar-refractivity contribution in [2.45, 2.75) is 20.4 Å². The molecule has 0 aliphatic heterocycles. The minimum atomic E-state index is 0.662. The predicted molar refractivity (Wildman–Crippen MR) is 84.0 cm³/mol. The SMILES string of the molecule is CCNCc1ccc(C)c(-c2ccc(Cl)cc2Cl)c1. The molecule has 1 N–H and O–H groups in total. The van der Waals surface area contributed by atoms with E-state index in [0.29, 0.717) is 10.0 Å². The van der Waals surface area contributed by atoms with Crippen LogP contribution in [0.15, 0.2) is 36.4 Å². The van der Waals surface area contributed by atoms with E-state index in [0.717, 1.165) is 24.2 Å². The van der Waals surface area contributed by atoms with Crippen molar-refractivity contribution >= 4 is 23.2 Å². The first-order valence-electron chi connectivity index (χ1n) is 6.37. The van der Waals surface area contributed by atoms with E-state index in [9.17, 15) is 0 Å². The number of aryl methyl sites for hydroxylation is 1. The fraction of sp³-hybridized carbons (Fsp3) is 0.250. The Labute approximate surface area is 124 Å². The molecule has 0 aromatic heterocycles. The highest BCUT2D eigenvalue weighted by Gasteiger charge is 2.08. The second-order valence-electron chi connectivity index (χ2n) is 4.55. The highest BCUT2D eigenvalue weighted by atomic mass is 35.5. The van der Waals surface area contributed by atoms with Crippen molar-refractivity contribution in [3.8, 4) is 11.1 Å². The smallest absolute Gasteiger partial charge is 0.0499 e. The van der Waals surface area contributed by atoms with Gasteiger partial charge in [-0.15, -0.1) is 0 Å². The van der Waals surface area contributed by atoms with E-state index < -0.39 is 0 Å². The lowest BCUT2D eigenvalue weighted by molar-refractivity contribution is 0.727. The third-order valence-electron chi connectivity index (χ3n) is 3.10. The molecule has 0 atom stereocenters. The van der Waals surface area contributed by atoms with Gasteiger partial charge in [-0.05, 0) is 48.4 Å². The van der Waals surface area contributed by atoms with Crippen LogP contribution in [0.4, 0.5) is 0 Å². The first-order chi connectivity index (χ1) is 9.11. The zero-order valence-electron chi connectivity index (χ0n) is 11.1. The molecule has 1 nitrogen and oxygen atoms in total. The highest BCUT2D eigenvalue weighted by Crippen LogP contribution is 2.32. The first-order valence-corrected chi connectivity index (χ1v) is 7.13. The summed E-state index contributed by atoms with van der Waals surface area (Å²) >= 11 is 12.2. The summed E-state index contributed by atoms with van der Waals surface area (Å²) in [5.41, 5.74) is 4.66. The van der Waals surface area contributed by atoms with Gasteiger partial charge in [-0.3, -0.25) is 0 Å². The normalized spacial score (nSPS) is 10.7. The monoisotopic (exact) mass is 293 g/mol. The summed E-state index contributed by atoms with van der Waals surface area (Å²) in [7, 11) is 0. The molecule has 0 bridgehead atoms. The van der Waals surface area contributed by atoms with Crippen LogP contribution in [0.25, 0.3) is 11.1 Å². The Balaban J connectivity index is 2.42. The maximum Gasteiger partial charge on any atom is 0.0499 e. The number of benzene rings is 2. The Bertz CT molecular complexity index is 579. The molecule has 0 fully saturated rings. The lowest BCUT2D eigenvalue weighted by atomic mass is 9.98. The van der Waals surface area contributed by atoms with Crippen molar-refractivity contribution < 1.29 is 0 Å². The van der Waals surface area contributed by atoms with Gasteiger partial charge in [0.05, 0.1) is 0 Å². The Morgan fingerprint density at radius 3 is 2.47 bits per heavy atom. The molecular weight excluding hydrogens is 277 g/mol. The van der Waals surface area contributed by atoms with Crippen molar-refractivity contribution in [1.29, 1.82) is 0 Å². The average molecular weight is 294 g/mol. The highest BCUT2D eigenvalue weighted by molar-refractivity contribution is 6.36. The van der Waals surface area contributed by atoms with Crippen molar-refractivity contribution in [2.24, 2.45) is 0 Å². The Hall–Kier alpha value is -1.02. The molecule has 0 aliphatic carbocycles. The molecule has 0 spiro atoms. The second kappa shape index (κ2) is 6.42. The van der Waals surface area contributed by atoms with Crippen molar-refractivity contribution in [2.75, 3.05) is 6.54 Å². The average Bonchev–Trinajstić information content (AvgIpc) is 2.38. The summed E-state index contributed by atoms with van der Waals surface area (Å²) in [4.78, 5) is 0. The summed E-state index contributed by atoms with van der Waals surface area (Å²) in [6.07, 6.45) is 0. The zero-order valence-corrected chi connectivity index (χ0v) is 12.6. The number of hydrogen-bond acceptors (Lipinski definition) is 1. The first kappa shape index (κ1) is 14.4. The van der Waals surface area contributed by atoms with Crippen LogP contribution in [0.2, 0.25) is 10.0 Å². The van der Waals surface area contributed by atoms with Crippen molar-refractivity contribution in [3.05, 3.63) is 57.6 Å². The third-order valence-corrected chi connectivity index (χ3v) is 3.65. The van der Waals surface area contributed by atoms with Crippen molar-refractivity contribution in [1.82, 2.24) is 5.32 Å². The van der Waals surface area contributed by atoms with Gasteiger partial charge in [0.1, 0.15) is 0 Å². The van der Waals surface area contributed by atoms with Crippen LogP contribution in [0.3, 0.4) is 0 Å². The van der Waals surface area contributed by atoms with Gasteiger partial charge < -0.3 is 5.32 Å². The van der Waals surface area contributed by atoms with Gasteiger partial charge in [-0.1, -0.05) is 48.3 Å². The fourth-order valence-electron chi connectivity index (χ4n) is 2.05. The van der Waals surface area contributed by atoms with Gasteiger partial charge >= 0.3 is 0 Å².